The number of hydrogen-bond donors (Lipinski definition) is 0. The second-order valence-corrected chi connectivity index (χ2v) is 7.07. The summed E-state index contributed by atoms with van der Waals surface area (Å²) in [5.74, 6) is 0.811. The van der Waals surface area contributed by atoms with Crippen LogP contribution in [0.4, 0.5) is 0 Å². The first kappa shape index (κ1) is 17.2. The zero-order chi connectivity index (χ0) is 17.9. The number of halogens is 1. The maximum absolute atomic E-state index is 13.0. The van der Waals surface area contributed by atoms with Crippen LogP contribution in [0.25, 0.3) is 10.9 Å². The zero-order valence-electron chi connectivity index (χ0n) is 14.4. The van der Waals surface area contributed by atoms with Crippen LogP contribution in [0.5, 0.6) is 0 Å². The quantitative estimate of drug-likeness (QED) is 0.654. The molecule has 0 spiro atoms. The van der Waals surface area contributed by atoms with Gasteiger partial charge in [0.25, 0.3) is 0 Å². The highest BCUT2D eigenvalue weighted by atomic mass is 35.5. The second kappa shape index (κ2) is 7.56. The summed E-state index contributed by atoms with van der Waals surface area (Å²) in [4.78, 5) is 14.9. The largest absolute Gasteiger partial charge is 0.467 e. The number of carbonyl (C=O) groups is 1. The van der Waals surface area contributed by atoms with Crippen molar-refractivity contribution >= 4 is 28.4 Å². The molecule has 5 nitrogen and oxygen atoms in total. The number of fused-ring (bicyclic) bond motifs is 1. The van der Waals surface area contributed by atoms with Crippen molar-refractivity contribution in [1.82, 2.24) is 9.47 Å². The Hall–Kier alpha value is -2.24. The van der Waals surface area contributed by atoms with Crippen molar-refractivity contribution in [3.8, 4) is 0 Å². The van der Waals surface area contributed by atoms with Crippen molar-refractivity contribution < 1.29 is 13.9 Å². The van der Waals surface area contributed by atoms with Crippen molar-refractivity contribution in [2.75, 3.05) is 13.2 Å². The molecule has 1 aliphatic rings. The minimum atomic E-state index is 0.0365. The smallest absolute Gasteiger partial charge is 0.243 e. The van der Waals surface area contributed by atoms with Crippen molar-refractivity contribution in [1.29, 1.82) is 0 Å². The molecule has 0 unspecified atom stereocenters. The molecule has 1 amide bonds. The number of amides is 1. The summed E-state index contributed by atoms with van der Waals surface area (Å²) >= 11 is 6.12. The maximum Gasteiger partial charge on any atom is 0.243 e. The van der Waals surface area contributed by atoms with Gasteiger partial charge < -0.3 is 18.6 Å². The lowest BCUT2D eigenvalue weighted by atomic mass is 10.2. The van der Waals surface area contributed by atoms with Crippen molar-refractivity contribution in [2.45, 2.75) is 32.0 Å². The summed E-state index contributed by atoms with van der Waals surface area (Å²) < 4.78 is 13.1. The fraction of sp³-hybridized carbons (Fsp3) is 0.350. The summed E-state index contributed by atoms with van der Waals surface area (Å²) in [7, 11) is 0. The minimum Gasteiger partial charge on any atom is -0.467 e. The predicted octanol–water partition coefficient (Wildman–Crippen LogP) is 4.10. The third-order valence-electron chi connectivity index (χ3n) is 4.77. The normalized spacial score (nSPS) is 17.0. The lowest BCUT2D eigenvalue weighted by Gasteiger charge is -2.25. The summed E-state index contributed by atoms with van der Waals surface area (Å²) in [5.41, 5.74) is 0.959. The summed E-state index contributed by atoms with van der Waals surface area (Å²) in [6, 6.07) is 11.4. The Bertz CT molecular complexity index is 882. The van der Waals surface area contributed by atoms with E-state index in [2.05, 4.69) is 0 Å². The molecule has 0 aliphatic carbocycles. The Balaban J connectivity index is 1.53. The van der Waals surface area contributed by atoms with Crippen molar-refractivity contribution in [2.24, 2.45) is 0 Å². The molecule has 0 N–H and O–H groups in total. The van der Waals surface area contributed by atoms with E-state index in [9.17, 15) is 4.79 Å². The van der Waals surface area contributed by atoms with Crippen LogP contribution in [0, 0.1) is 0 Å². The van der Waals surface area contributed by atoms with Gasteiger partial charge in [-0.15, -0.1) is 0 Å². The highest BCUT2D eigenvalue weighted by Gasteiger charge is 2.24. The van der Waals surface area contributed by atoms with Crippen LogP contribution in [-0.2, 0) is 22.6 Å². The first-order chi connectivity index (χ1) is 12.7. The van der Waals surface area contributed by atoms with Gasteiger partial charge in [-0.2, -0.15) is 0 Å². The molecule has 1 atom stereocenters. The van der Waals surface area contributed by atoms with Crippen LogP contribution >= 0.6 is 11.6 Å². The van der Waals surface area contributed by atoms with E-state index in [0.717, 1.165) is 36.1 Å². The molecule has 136 valence electrons. The zero-order valence-corrected chi connectivity index (χ0v) is 15.2. The summed E-state index contributed by atoms with van der Waals surface area (Å²) in [6.07, 6.45) is 5.70. The number of aromatic nitrogens is 1. The molecule has 3 aromatic rings. The first-order valence-corrected chi connectivity index (χ1v) is 9.23. The van der Waals surface area contributed by atoms with Gasteiger partial charge in [-0.3, -0.25) is 4.79 Å². The number of hydrogen-bond acceptors (Lipinski definition) is 3. The van der Waals surface area contributed by atoms with Gasteiger partial charge in [0, 0.05) is 29.9 Å². The van der Waals surface area contributed by atoms with Crippen LogP contribution in [0.1, 0.15) is 18.6 Å². The van der Waals surface area contributed by atoms with E-state index >= 15 is 0 Å². The van der Waals surface area contributed by atoms with Gasteiger partial charge in [0.2, 0.25) is 5.91 Å². The first-order valence-electron chi connectivity index (χ1n) is 8.85. The molecule has 26 heavy (non-hydrogen) atoms. The molecule has 1 saturated heterocycles. The van der Waals surface area contributed by atoms with E-state index < -0.39 is 0 Å². The monoisotopic (exact) mass is 372 g/mol. The molecule has 1 aromatic carbocycles. The van der Waals surface area contributed by atoms with Crippen molar-refractivity contribution in [3.05, 3.63) is 59.6 Å². The average Bonchev–Trinajstić information content (AvgIpc) is 3.37. The Kier molecular flexibility index (Phi) is 5.00. The highest BCUT2D eigenvalue weighted by molar-refractivity contribution is 6.31. The molecule has 4 rings (SSSR count). The van der Waals surface area contributed by atoms with E-state index in [-0.39, 0.29) is 18.6 Å². The Labute approximate surface area is 157 Å². The summed E-state index contributed by atoms with van der Waals surface area (Å²) in [5, 5.41) is 1.73. The molecule has 0 saturated carbocycles. The van der Waals surface area contributed by atoms with E-state index in [1.807, 2.05) is 52.1 Å². The highest BCUT2D eigenvalue weighted by Crippen LogP contribution is 2.21. The standard InChI is InChI=1S/C20H21ClN2O3/c21-16-6-5-15-7-8-22(19(15)11-16)14-20(24)23(12-17-3-1-9-25-17)13-18-4-2-10-26-18/h1,3,5-9,11,18H,2,4,10,12-14H2/t18-/m1/s1. The van der Waals surface area contributed by atoms with Gasteiger partial charge in [0.15, 0.2) is 0 Å². The Morgan fingerprint density at radius 3 is 3.00 bits per heavy atom. The van der Waals surface area contributed by atoms with E-state index in [1.54, 1.807) is 6.26 Å². The van der Waals surface area contributed by atoms with Crippen LogP contribution in [0.2, 0.25) is 5.02 Å². The number of benzene rings is 1. The predicted molar refractivity (Wildman–Crippen MR) is 100 cm³/mol. The number of rotatable bonds is 6. The number of ether oxygens (including phenoxy) is 1. The van der Waals surface area contributed by atoms with Gasteiger partial charge in [-0.1, -0.05) is 17.7 Å². The number of carbonyl (C=O) groups excluding carboxylic acids is 1. The van der Waals surface area contributed by atoms with Gasteiger partial charge in [-0.25, -0.2) is 0 Å². The van der Waals surface area contributed by atoms with Crippen LogP contribution in [0.15, 0.2) is 53.3 Å². The molecule has 3 heterocycles. The third kappa shape index (κ3) is 3.79. The lowest BCUT2D eigenvalue weighted by Crippen LogP contribution is -2.38. The fourth-order valence-corrected chi connectivity index (χ4v) is 3.59. The van der Waals surface area contributed by atoms with Crippen molar-refractivity contribution in [3.63, 3.8) is 0 Å². The molecule has 1 fully saturated rings. The summed E-state index contributed by atoms with van der Waals surface area (Å²) in [6.45, 7) is 2.07. The topological polar surface area (TPSA) is 47.6 Å². The van der Waals surface area contributed by atoms with Gasteiger partial charge in [0.05, 0.1) is 18.9 Å². The number of furan rings is 1. The Morgan fingerprint density at radius 2 is 2.23 bits per heavy atom. The molecule has 0 bridgehead atoms. The lowest BCUT2D eigenvalue weighted by molar-refractivity contribution is -0.134. The SMILES string of the molecule is O=C(Cn1ccc2ccc(Cl)cc21)N(Cc1ccco1)C[C@H]1CCCO1. The fourth-order valence-electron chi connectivity index (χ4n) is 3.42. The second-order valence-electron chi connectivity index (χ2n) is 6.64. The molecular formula is C20H21ClN2O3. The van der Waals surface area contributed by atoms with Crippen LogP contribution < -0.4 is 0 Å². The average molecular weight is 373 g/mol. The number of nitrogens with zero attached hydrogens (tertiary/aromatic N) is 2. The van der Waals surface area contributed by atoms with Crippen LogP contribution in [-0.4, -0.2) is 34.6 Å². The molecule has 0 radical (unpaired) electrons. The molecule has 2 aromatic heterocycles. The van der Waals surface area contributed by atoms with E-state index in [4.69, 9.17) is 20.8 Å². The van der Waals surface area contributed by atoms with Gasteiger partial charge >= 0.3 is 0 Å². The molecule has 1 aliphatic heterocycles. The maximum atomic E-state index is 13.0. The minimum absolute atomic E-state index is 0.0365. The van der Waals surface area contributed by atoms with Gasteiger partial charge in [-0.05, 0) is 48.6 Å². The van der Waals surface area contributed by atoms with E-state index in [0.29, 0.717) is 18.1 Å². The molecular weight excluding hydrogens is 352 g/mol. The third-order valence-corrected chi connectivity index (χ3v) is 5.00. The Morgan fingerprint density at radius 1 is 1.31 bits per heavy atom. The van der Waals surface area contributed by atoms with Crippen LogP contribution in [0.3, 0.4) is 0 Å². The van der Waals surface area contributed by atoms with E-state index in [1.165, 1.54) is 0 Å². The van der Waals surface area contributed by atoms with Gasteiger partial charge in [0.1, 0.15) is 12.3 Å². The molecule has 6 heteroatoms.